The number of anilines is 1. The van der Waals surface area contributed by atoms with Gasteiger partial charge in [-0.1, -0.05) is 48.0 Å². The minimum Gasteiger partial charge on any atom is -0.452 e. The zero-order valence-electron chi connectivity index (χ0n) is 13.6. The molecule has 0 saturated carbocycles. The van der Waals surface area contributed by atoms with Crippen molar-refractivity contribution in [1.29, 1.82) is 0 Å². The summed E-state index contributed by atoms with van der Waals surface area (Å²) < 4.78 is 6.01. The molecule has 3 aliphatic rings. The Morgan fingerprint density at radius 3 is 2.65 bits per heavy atom. The van der Waals surface area contributed by atoms with Crippen LogP contribution in [-0.2, 0) is 15.1 Å². The van der Waals surface area contributed by atoms with Crippen LogP contribution in [0.4, 0.5) is 5.69 Å². The largest absolute Gasteiger partial charge is 0.452 e. The first-order chi connectivity index (χ1) is 11.1. The molecule has 3 aliphatic heterocycles. The maximum Gasteiger partial charge on any atom is 0.303 e. The van der Waals surface area contributed by atoms with Crippen LogP contribution < -0.4 is 4.90 Å². The van der Waals surface area contributed by atoms with Crippen LogP contribution in [0.2, 0.25) is 0 Å². The molecule has 1 fully saturated rings. The molecule has 2 aromatic rings. The van der Waals surface area contributed by atoms with Crippen LogP contribution in [0.3, 0.4) is 0 Å². The number of nitrogens with zero attached hydrogens (tertiary/aromatic N) is 1. The second-order valence-electron chi connectivity index (χ2n) is 6.67. The van der Waals surface area contributed by atoms with E-state index < -0.39 is 5.60 Å². The first-order valence-corrected chi connectivity index (χ1v) is 8.21. The number of hydrogen-bond acceptors (Lipinski definition) is 3. The van der Waals surface area contributed by atoms with Crippen LogP contribution in [0.15, 0.2) is 48.5 Å². The lowest BCUT2D eigenvalue weighted by Crippen LogP contribution is -2.56. The summed E-state index contributed by atoms with van der Waals surface area (Å²) in [5, 5.41) is 0. The smallest absolute Gasteiger partial charge is 0.303 e. The molecule has 118 valence electrons. The van der Waals surface area contributed by atoms with Gasteiger partial charge in [0.15, 0.2) is 5.60 Å². The van der Waals surface area contributed by atoms with Crippen LogP contribution in [0, 0.1) is 6.92 Å². The van der Waals surface area contributed by atoms with Crippen molar-refractivity contribution in [3.05, 3.63) is 65.2 Å². The average molecular weight is 307 g/mol. The molecule has 1 saturated heterocycles. The normalized spacial score (nSPS) is 25.1. The fourth-order valence-electron chi connectivity index (χ4n) is 4.22. The molecule has 3 heteroatoms. The molecule has 2 atom stereocenters. The lowest BCUT2D eigenvalue weighted by Gasteiger charge is -2.53. The topological polar surface area (TPSA) is 29.5 Å². The summed E-state index contributed by atoms with van der Waals surface area (Å²) in [5.74, 6) is 0.00659. The fraction of sp³-hybridized carbons (Fsp3) is 0.350. The fourth-order valence-corrected chi connectivity index (χ4v) is 4.22. The Bertz CT molecular complexity index is 752. The molecule has 0 aromatic heterocycles. The summed E-state index contributed by atoms with van der Waals surface area (Å²) in [4.78, 5) is 14.3. The van der Waals surface area contributed by atoms with E-state index in [1.807, 2.05) is 0 Å². The van der Waals surface area contributed by atoms with Gasteiger partial charge in [0.25, 0.3) is 0 Å². The third kappa shape index (κ3) is 2.14. The molecule has 23 heavy (non-hydrogen) atoms. The van der Waals surface area contributed by atoms with Crippen molar-refractivity contribution in [2.45, 2.75) is 31.8 Å². The summed E-state index contributed by atoms with van der Waals surface area (Å²) in [5.41, 5.74) is 4.33. The van der Waals surface area contributed by atoms with Gasteiger partial charge in [0, 0.05) is 25.1 Å². The van der Waals surface area contributed by atoms with Gasteiger partial charge in [0.2, 0.25) is 0 Å². The number of hydrogen-bond donors (Lipinski definition) is 0. The van der Waals surface area contributed by atoms with E-state index in [0.717, 1.165) is 25.1 Å². The minimum atomic E-state index is -0.577. The maximum atomic E-state index is 11.9. The van der Waals surface area contributed by atoms with Gasteiger partial charge in [-0.2, -0.15) is 0 Å². The molecule has 0 amide bonds. The van der Waals surface area contributed by atoms with E-state index in [4.69, 9.17) is 4.74 Å². The third-order valence-electron chi connectivity index (χ3n) is 5.20. The number of carbonyl (C=O) groups is 1. The Morgan fingerprint density at radius 1 is 1.17 bits per heavy atom. The number of carbonyl (C=O) groups excluding carboxylic acids is 1. The summed E-state index contributed by atoms with van der Waals surface area (Å²) in [6, 6.07) is 16.9. The van der Waals surface area contributed by atoms with Gasteiger partial charge >= 0.3 is 5.97 Å². The highest BCUT2D eigenvalue weighted by Gasteiger charge is 2.52. The van der Waals surface area contributed by atoms with Crippen molar-refractivity contribution < 1.29 is 9.53 Å². The highest BCUT2D eigenvalue weighted by atomic mass is 16.6. The van der Waals surface area contributed by atoms with Crippen molar-refractivity contribution in [3.8, 4) is 0 Å². The molecular formula is C20H21NO2. The molecular weight excluding hydrogens is 286 g/mol. The Morgan fingerprint density at radius 2 is 1.91 bits per heavy atom. The Kier molecular flexibility index (Phi) is 3.19. The number of esters is 1. The zero-order chi connectivity index (χ0) is 16.0. The van der Waals surface area contributed by atoms with E-state index >= 15 is 0 Å². The SMILES string of the molecule is CC(=O)O[C@@]1(c2ccc(C)cc2)CN2CC[C@H]1c1ccccc12. The zero-order valence-corrected chi connectivity index (χ0v) is 13.6. The summed E-state index contributed by atoms with van der Waals surface area (Å²) in [6.07, 6.45) is 1.01. The third-order valence-corrected chi connectivity index (χ3v) is 5.20. The molecule has 0 N–H and O–H groups in total. The quantitative estimate of drug-likeness (QED) is 0.791. The predicted octanol–water partition coefficient (Wildman–Crippen LogP) is 3.76. The number of ether oxygens (including phenoxy) is 1. The first-order valence-electron chi connectivity index (χ1n) is 8.21. The van der Waals surface area contributed by atoms with Gasteiger partial charge in [0.1, 0.15) is 0 Å². The summed E-state index contributed by atoms with van der Waals surface area (Å²) in [6.45, 7) is 5.35. The number of aryl methyl sites for hydroxylation is 1. The van der Waals surface area contributed by atoms with E-state index in [1.54, 1.807) is 0 Å². The molecule has 0 aliphatic carbocycles. The lowest BCUT2D eigenvalue weighted by molar-refractivity contribution is -0.162. The number of fused-ring (bicyclic) bond motifs is 2. The van der Waals surface area contributed by atoms with E-state index in [9.17, 15) is 4.79 Å². The Balaban J connectivity index is 1.88. The Labute approximate surface area is 136 Å². The number of rotatable bonds is 2. The van der Waals surface area contributed by atoms with Crippen LogP contribution in [0.5, 0.6) is 0 Å². The van der Waals surface area contributed by atoms with Gasteiger partial charge in [-0.05, 0) is 30.5 Å². The van der Waals surface area contributed by atoms with Gasteiger partial charge in [-0.15, -0.1) is 0 Å². The standard InChI is InChI=1S/C20H21NO2/c1-14-7-9-16(10-8-14)20(23-15(2)22)13-21-12-11-18(20)17-5-3-4-6-19(17)21/h3-10,18H,11-13H2,1-2H3/t18-,20+/m0/s1. The van der Waals surface area contributed by atoms with Crippen LogP contribution in [-0.4, -0.2) is 19.1 Å². The summed E-state index contributed by atoms with van der Waals surface area (Å²) >= 11 is 0. The van der Waals surface area contributed by atoms with Gasteiger partial charge < -0.3 is 9.64 Å². The Hall–Kier alpha value is -2.29. The minimum absolute atomic E-state index is 0.211. The molecule has 0 radical (unpaired) electrons. The van der Waals surface area contributed by atoms with Crippen molar-refractivity contribution in [3.63, 3.8) is 0 Å². The average Bonchev–Trinajstić information content (AvgIpc) is 2.55. The van der Waals surface area contributed by atoms with Gasteiger partial charge in [0.05, 0.1) is 6.54 Å². The second kappa shape index (κ2) is 5.12. The van der Waals surface area contributed by atoms with Gasteiger partial charge in [-0.25, -0.2) is 0 Å². The number of benzene rings is 2. The highest BCUT2D eigenvalue weighted by molar-refractivity contribution is 5.69. The van der Waals surface area contributed by atoms with Crippen molar-refractivity contribution in [2.75, 3.05) is 18.0 Å². The predicted molar refractivity (Wildman–Crippen MR) is 90.6 cm³/mol. The summed E-state index contributed by atoms with van der Waals surface area (Å²) in [7, 11) is 0. The second-order valence-corrected chi connectivity index (χ2v) is 6.67. The molecule has 3 heterocycles. The molecule has 3 nitrogen and oxygen atoms in total. The monoisotopic (exact) mass is 307 g/mol. The van der Waals surface area contributed by atoms with Crippen LogP contribution >= 0.6 is 0 Å². The lowest BCUT2D eigenvalue weighted by atomic mass is 9.69. The van der Waals surface area contributed by atoms with Crippen molar-refractivity contribution in [2.24, 2.45) is 0 Å². The van der Waals surface area contributed by atoms with E-state index in [0.29, 0.717) is 0 Å². The van der Waals surface area contributed by atoms with Crippen LogP contribution in [0.1, 0.15) is 36.0 Å². The van der Waals surface area contributed by atoms with Gasteiger partial charge in [-0.3, -0.25) is 4.79 Å². The number of piperidine rings is 1. The van der Waals surface area contributed by atoms with E-state index in [1.165, 1.54) is 23.7 Å². The maximum absolute atomic E-state index is 11.9. The molecule has 2 aromatic carbocycles. The number of para-hydroxylation sites is 1. The van der Waals surface area contributed by atoms with Crippen molar-refractivity contribution in [1.82, 2.24) is 0 Å². The highest BCUT2D eigenvalue weighted by Crippen LogP contribution is 2.53. The molecule has 2 bridgehead atoms. The van der Waals surface area contributed by atoms with Crippen molar-refractivity contribution >= 4 is 11.7 Å². The molecule has 5 rings (SSSR count). The van der Waals surface area contributed by atoms with E-state index in [-0.39, 0.29) is 11.9 Å². The first kappa shape index (κ1) is 14.3. The van der Waals surface area contributed by atoms with E-state index in [2.05, 4.69) is 60.4 Å². The molecule has 0 unspecified atom stereocenters. The molecule has 0 spiro atoms. The van der Waals surface area contributed by atoms with Crippen LogP contribution in [0.25, 0.3) is 0 Å².